The molecule has 0 aromatic heterocycles. The third-order valence-corrected chi connectivity index (χ3v) is 4.27. The van der Waals surface area contributed by atoms with Crippen LogP contribution in [0.5, 0.6) is 0 Å². The van der Waals surface area contributed by atoms with E-state index in [4.69, 9.17) is 0 Å². The van der Waals surface area contributed by atoms with Gasteiger partial charge < -0.3 is 4.90 Å². The van der Waals surface area contributed by atoms with Crippen LogP contribution in [-0.4, -0.2) is 54.9 Å². The summed E-state index contributed by atoms with van der Waals surface area (Å²) in [4.78, 5) is 16.5. The summed E-state index contributed by atoms with van der Waals surface area (Å²) in [5.74, 6) is -0.690. The first kappa shape index (κ1) is 14.6. The molecule has 1 aromatic rings. The molecule has 1 saturated carbocycles. The SMILES string of the molecule is O=C(CN1CCN(CC2CC2)CC1)c1cc(F)ccc1F. The Labute approximate surface area is 123 Å². The molecule has 0 spiro atoms. The molecular formula is C16H20F2N2O. The normalized spacial score (nSPS) is 20.7. The number of carbonyl (C=O) groups is 1. The lowest BCUT2D eigenvalue weighted by Gasteiger charge is -2.34. The van der Waals surface area contributed by atoms with Gasteiger partial charge in [0.1, 0.15) is 11.6 Å². The smallest absolute Gasteiger partial charge is 0.179 e. The van der Waals surface area contributed by atoms with Gasteiger partial charge in [-0.2, -0.15) is 0 Å². The van der Waals surface area contributed by atoms with E-state index >= 15 is 0 Å². The summed E-state index contributed by atoms with van der Waals surface area (Å²) in [5, 5.41) is 0. The van der Waals surface area contributed by atoms with Crippen LogP contribution in [-0.2, 0) is 0 Å². The van der Waals surface area contributed by atoms with E-state index in [9.17, 15) is 13.6 Å². The van der Waals surface area contributed by atoms with Crippen molar-refractivity contribution in [3.05, 3.63) is 35.4 Å². The molecule has 114 valence electrons. The molecule has 1 aliphatic carbocycles. The van der Waals surface area contributed by atoms with E-state index in [0.29, 0.717) is 0 Å². The van der Waals surface area contributed by atoms with E-state index in [1.54, 1.807) is 0 Å². The zero-order chi connectivity index (χ0) is 14.8. The van der Waals surface area contributed by atoms with Crippen molar-refractivity contribution >= 4 is 5.78 Å². The number of halogens is 2. The summed E-state index contributed by atoms with van der Waals surface area (Å²) < 4.78 is 26.7. The molecule has 2 aliphatic rings. The fourth-order valence-corrected chi connectivity index (χ4v) is 2.79. The third-order valence-electron chi connectivity index (χ3n) is 4.27. The minimum Gasteiger partial charge on any atom is -0.301 e. The van der Waals surface area contributed by atoms with Crippen molar-refractivity contribution in [2.75, 3.05) is 39.3 Å². The van der Waals surface area contributed by atoms with Gasteiger partial charge in [0, 0.05) is 32.7 Å². The lowest BCUT2D eigenvalue weighted by molar-refractivity contribution is 0.0843. The number of rotatable bonds is 5. The number of piperazine rings is 1. The van der Waals surface area contributed by atoms with E-state index in [0.717, 1.165) is 50.3 Å². The standard InChI is InChI=1S/C16H20F2N2O/c17-13-3-4-15(18)14(9-13)16(21)11-20-7-5-19(6-8-20)10-12-1-2-12/h3-4,9,12H,1-2,5-8,10-11H2. The molecule has 1 aliphatic heterocycles. The van der Waals surface area contributed by atoms with Crippen molar-refractivity contribution in [1.29, 1.82) is 0 Å². The second-order valence-electron chi connectivity index (χ2n) is 6.07. The highest BCUT2D eigenvalue weighted by Gasteiger charge is 2.27. The molecule has 0 unspecified atom stereocenters. The molecule has 1 aromatic carbocycles. The average molecular weight is 294 g/mol. The molecule has 1 saturated heterocycles. The zero-order valence-corrected chi connectivity index (χ0v) is 12.0. The molecule has 3 rings (SSSR count). The van der Waals surface area contributed by atoms with Gasteiger partial charge in [0.2, 0.25) is 0 Å². The lowest BCUT2D eigenvalue weighted by atomic mass is 10.1. The van der Waals surface area contributed by atoms with Crippen LogP contribution in [0, 0.1) is 17.6 Å². The van der Waals surface area contributed by atoms with Gasteiger partial charge in [-0.05, 0) is 37.0 Å². The molecule has 3 nitrogen and oxygen atoms in total. The van der Waals surface area contributed by atoms with Crippen LogP contribution >= 0.6 is 0 Å². The largest absolute Gasteiger partial charge is 0.301 e. The van der Waals surface area contributed by atoms with Crippen LogP contribution < -0.4 is 0 Å². The van der Waals surface area contributed by atoms with Crippen molar-refractivity contribution in [1.82, 2.24) is 9.80 Å². The fraction of sp³-hybridized carbons (Fsp3) is 0.562. The molecule has 0 radical (unpaired) electrons. The van der Waals surface area contributed by atoms with Crippen molar-refractivity contribution in [3.63, 3.8) is 0 Å². The Kier molecular flexibility index (Phi) is 4.31. The quantitative estimate of drug-likeness (QED) is 0.778. The first-order chi connectivity index (χ1) is 10.1. The van der Waals surface area contributed by atoms with Crippen LogP contribution in [0.4, 0.5) is 8.78 Å². The first-order valence-electron chi connectivity index (χ1n) is 7.55. The van der Waals surface area contributed by atoms with Crippen LogP contribution in [0.25, 0.3) is 0 Å². The Morgan fingerprint density at radius 3 is 2.43 bits per heavy atom. The van der Waals surface area contributed by atoms with Crippen molar-refractivity contribution in [2.24, 2.45) is 5.92 Å². The maximum absolute atomic E-state index is 13.6. The van der Waals surface area contributed by atoms with E-state index in [1.807, 2.05) is 4.90 Å². The highest BCUT2D eigenvalue weighted by Crippen LogP contribution is 2.29. The highest BCUT2D eigenvalue weighted by atomic mass is 19.1. The van der Waals surface area contributed by atoms with Gasteiger partial charge in [-0.25, -0.2) is 8.78 Å². The zero-order valence-electron chi connectivity index (χ0n) is 12.0. The molecule has 1 heterocycles. The van der Waals surface area contributed by atoms with Crippen LogP contribution in [0.2, 0.25) is 0 Å². The van der Waals surface area contributed by atoms with Crippen molar-refractivity contribution in [3.8, 4) is 0 Å². The number of benzene rings is 1. The third kappa shape index (κ3) is 3.86. The molecule has 0 N–H and O–H groups in total. The monoisotopic (exact) mass is 294 g/mol. The van der Waals surface area contributed by atoms with E-state index in [1.165, 1.54) is 19.4 Å². The number of nitrogens with zero attached hydrogens (tertiary/aromatic N) is 2. The van der Waals surface area contributed by atoms with Gasteiger partial charge in [-0.15, -0.1) is 0 Å². The van der Waals surface area contributed by atoms with Crippen LogP contribution in [0.3, 0.4) is 0 Å². The second kappa shape index (κ2) is 6.20. The second-order valence-corrected chi connectivity index (χ2v) is 6.07. The molecule has 21 heavy (non-hydrogen) atoms. The molecule has 0 atom stereocenters. The van der Waals surface area contributed by atoms with Gasteiger partial charge in [-0.3, -0.25) is 9.69 Å². The molecule has 2 fully saturated rings. The van der Waals surface area contributed by atoms with Crippen molar-refractivity contribution in [2.45, 2.75) is 12.8 Å². The van der Waals surface area contributed by atoms with Gasteiger partial charge >= 0.3 is 0 Å². The maximum Gasteiger partial charge on any atom is 0.179 e. The average Bonchev–Trinajstić information content (AvgIpc) is 3.27. The van der Waals surface area contributed by atoms with Crippen LogP contribution in [0.15, 0.2) is 18.2 Å². The number of hydrogen-bond donors (Lipinski definition) is 0. The number of hydrogen-bond acceptors (Lipinski definition) is 3. The minimum absolute atomic E-state index is 0.143. The Hall–Kier alpha value is -1.33. The summed E-state index contributed by atoms with van der Waals surface area (Å²) in [5.41, 5.74) is -0.143. The summed E-state index contributed by atoms with van der Waals surface area (Å²) >= 11 is 0. The van der Waals surface area contributed by atoms with Gasteiger partial charge in [0.25, 0.3) is 0 Å². The lowest BCUT2D eigenvalue weighted by Crippen LogP contribution is -2.48. The summed E-state index contributed by atoms with van der Waals surface area (Å²) in [6.45, 7) is 4.87. The number of carbonyl (C=O) groups excluding carboxylic acids is 1. The van der Waals surface area contributed by atoms with E-state index in [-0.39, 0.29) is 17.9 Å². The Balaban J connectivity index is 1.52. The first-order valence-corrected chi connectivity index (χ1v) is 7.55. The number of Topliss-reactive ketones (excluding diaryl/α,β-unsaturated/α-hetero) is 1. The molecular weight excluding hydrogens is 274 g/mol. The van der Waals surface area contributed by atoms with Gasteiger partial charge in [0.05, 0.1) is 12.1 Å². The van der Waals surface area contributed by atoms with Crippen molar-refractivity contribution < 1.29 is 13.6 Å². The Bertz CT molecular complexity index is 523. The summed E-state index contributed by atoms with van der Waals surface area (Å²) in [6.07, 6.45) is 2.69. The number of ketones is 1. The topological polar surface area (TPSA) is 23.6 Å². The van der Waals surface area contributed by atoms with E-state index in [2.05, 4.69) is 4.90 Å². The predicted molar refractivity (Wildman–Crippen MR) is 76.3 cm³/mol. The predicted octanol–water partition coefficient (Wildman–Crippen LogP) is 2.18. The molecule has 0 amide bonds. The minimum atomic E-state index is -0.645. The Morgan fingerprint density at radius 1 is 1.10 bits per heavy atom. The summed E-state index contributed by atoms with van der Waals surface area (Å²) in [7, 11) is 0. The fourth-order valence-electron chi connectivity index (χ4n) is 2.79. The van der Waals surface area contributed by atoms with Gasteiger partial charge in [0.15, 0.2) is 5.78 Å². The highest BCUT2D eigenvalue weighted by molar-refractivity contribution is 5.97. The van der Waals surface area contributed by atoms with Gasteiger partial charge in [-0.1, -0.05) is 0 Å². The maximum atomic E-state index is 13.6. The molecule has 5 heteroatoms. The van der Waals surface area contributed by atoms with Crippen LogP contribution in [0.1, 0.15) is 23.2 Å². The molecule has 0 bridgehead atoms. The van der Waals surface area contributed by atoms with E-state index < -0.39 is 11.6 Å². The summed E-state index contributed by atoms with van der Waals surface area (Å²) in [6, 6.07) is 3.03. The Morgan fingerprint density at radius 2 is 1.76 bits per heavy atom.